The van der Waals surface area contributed by atoms with Gasteiger partial charge in [-0.15, -0.1) is 0 Å². The van der Waals surface area contributed by atoms with E-state index < -0.39 is 0 Å². The molecule has 0 bridgehead atoms. The lowest BCUT2D eigenvalue weighted by Gasteiger charge is -1.98. The molecule has 82 valence electrons. The van der Waals surface area contributed by atoms with Crippen LogP contribution in [0.4, 0.5) is 0 Å². The lowest BCUT2D eigenvalue weighted by Crippen LogP contribution is -1.74. The molecule has 0 saturated heterocycles. The van der Waals surface area contributed by atoms with Crippen LogP contribution in [0, 0.1) is 0 Å². The highest BCUT2D eigenvalue weighted by Crippen LogP contribution is 2.30. The maximum Gasteiger partial charge on any atom is 0.0544 e. The van der Waals surface area contributed by atoms with Crippen molar-refractivity contribution < 1.29 is 1.43 Å². The third-order valence-electron chi connectivity index (χ3n) is 3.41. The van der Waals surface area contributed by atoms with Gasteiger partial charge in [-0.25, -0.2) is 0 Å². The van der Waals surface area contributed by atoms with Crippen LogP contribution in [0.3, 0.4) is 0 Å². The minimum Gasteiger partial charge on any atom is -0.354 e. The van der Waals surface area contributed by atoms with Crippen molar-refractivity contribution in [2.45, 2.75) is 0 Å². The van der Waals surface area contributed by atoms with E-state index in [1.165, 1.54) is 32.6 Å². The number of aromatic nitrogens is 1. The van der Waals surface area contributed by atoms with Gasteiger partial charge in [-0.2, -0.15) is 0 Å². The second-order valence-corrected chi connectivity index (χ2v) is 4.38. The van der Waals surface area contributed by atoms with Crippen molar-refractivity contribution in [3.05, 3.63) is 60.7 Å². The summed E-state index contributed by atoms with van der Waals surface area (Å²) in [6, 6.07) is 21.4. The lowest BCUT2D eigenvalue weighted by molar-refractivity contribution is 1.56. The SMILES string of the molecule is [2HH].c1ccc2c(c1)ccc1c3ccccc3[nH]c21. The van der Waals surface area contributed by atoms with Crippen LogP contribution in [0.5, 0.6) is 0 Å². The molecule has 0 amide bonds. The normalized spacial score (nSPS) is 11.5. The van der Waals surface area contributed by atoms with E-state index in [-0.39, 0.29) is 1.43 Å². The third-order valence-corrected chi connectivity index (χ3v) is 3.41. The van der Waals surface area contributed by atoms with Crippen molar-refractivity contribution in [3.63, 3.8) is 0 Å². The van der Waals surface area contributed by atoms with Crippen LogP contribution in [0.2, 0.25) is 0 Å². The van der Waals surface area contributed by atoms with Crippen molar-refractivity contribution in [1.82, 2.24) is 4.98 Å². The predicted octanol–water partition coefficient (Wildman–Crippen LogP) is 4.72. The lowest BCUT2D eigenvalue weighted by atomic mass is 10.1. The summed E-state index contributed by atoms with van der Waals surface area (Å²) in [5.74, 6) is 0. The highest BCUT2D eigenvalue weighted by molar-refractivity contribution is 6.16. The number of hydrogen-bond donors (Lipinski definition) is 1. The number of H-pyrrole nitrogens is 1. The van der Waals surface area contributed by atoms with Gasteiger partial charge in [0, 0.05) is 23.1 Å². The molecule has 0 radical (unpaired) electrons. The van der Waals surface area contributed by atoms with Crippen molar-refractivity contribution in [1.29, 1.82) is 0 Å². The number of hydrogen-bond acceptors (Lipinski definition) is 0. The number of nitrogens with one attached hydrogen (secondary N) is 1. The van der Waals surface area contributed by atoms with Crippen LogP contribution in [0.1, 0.15) is 1.43 Å². The van der Waals surface area contributed by atoms with Gasteiger partial charge in [-0.3, -0.25) is 0 Å². The van der Waals surface area contributed by atoms with Crippen molar-refractivity contribution in [2.24, 2.45) is 0 Å². The molecule has 0 aliphatic rings. The Morgan fingerprint density at radius 2 is 1.41 bits per heavy atom. The number of benzene rings is 3. The Bertz CT molecular complexity index is 845. The van der Waals surface area contributed by atoms with Crippen LogP contribution in [0.15, 0.2) is 60.7 Å². The van der Waals surface area contributed by atoms with Crippen LogP contribution >= 0.6 is 0 Å². The third kappa shape index (κ3) is 1.14. The average Bonchev–Trinajstić information content (AvgIpc) is 2.78. The highest BCUT2D eigenvalue weighted by Gasteiger charge is 2.05. The molecule has 0 fully saturated rings. The summed E-state index contributed by atoms with van der Waals surface area (Å²) >= 11 is 0. The van der Waals surface area contributed by atoms with Crippen LogP contribution in [-0.2, 0) is 0 Å². The zero-order valence-electron chi connectivity index (χ0n) is 9.27. The minimum atomic E-state index is 0. The first-order chi connectivity index (χ1) is 8.43. The Hall–Kier alpha value is -2.28. The van der Waals surface area contributed by atoms with E-state index in [2.05, 4.69) is 65.6 Å². The quantitative estimate of drug-likeness (QED) is 0.441. The molecular weight excluding hydrogens is 206 g/mol. The Labute approximate surface area is 100 Å². The van der Waals surface area contributed by atoms with Crippen LogP contribution in [-0.4, -0.2) is 4.98 Å². The zero-order valence-corrected chi connectivity index (χ0v) is 9.27. The van der Waals surface area contributed by atoms with E-state index in [0.29, 0.717) is 0 Å². The first-order valence-corrected chi connectivity index (χ1v) is 5.82. The summed E-state index contributed by atoms with van der Waals surface area (Å²) in [7, 11) is 0. The average molecular weight is 220 g/mol. The molecule has 4 rings (SSSR count). The van der Waals surface area contributed by atoms with Gasteiger partial charge in [-0.05, 0) is 11.5 Å². The van der Waals surface area contributed by atoms with Gasteiger partial charge in [0.25, 0.3) is 0 Å². The maximum absolute atomic E-state index is 3.52. The molecule has 0 atom stereocenters. The zero-order chi connectivity index (χ0) is 11.2. The molecule has 3 aromatic carbocycles. The number of rotatable bonds is 0. The Kier molecular flexibility index (Phi) is 1.61. The fourth-order valence-electron chi connectivity index (χ4n) is 2.59. The van der Waals surface area contributed by atoms with Gasteiger partial charge in [0.05, 0.1) is 5.52 Å². The molecule has 0 aliphatic carbocycles. The fourth-order valence-corrected chi connectivity index (χ4v) is 2.59. The Morgan fingerprint density at radius 3 is 2.35 bits per heavy atom. The van der Waals surface area contributed by atoms with E-state index >= 15 is 0 Å². The molecule has 1 N–H and O–H groups in total. The standard InChI is InChI=1S/C16H11N.H2/c1-2-6-12-11(5-1)9-10-14-13-7-3-4-8-15(13)17-16(12)14;/h1-10,17H;1H/i;1+1. The molecule has 0 saturated carbocycles. The predicted molar refractivity (Wildman–Crippen MR) is 75.4 cm³/mol. The summed E-state index contributed by atoms with van der Waals surface area (Å²) in [6.07, 6.45) is 0. The van der Waals surface area contributed by atoms with E-state index in [1.54, 1.807) is 0 Å². The molecule has 0 unspecified atom stereocenters. The molecule has 17 heavy (non-hydrogen) atoms. The first kappa shape index (κ1) is 8.82. The summed E-state index contributed by atoms with van der Waals surface area (Å²) in [5, 5.41) is 5.18. The van der Waals surface area contributed by atoms with Gasteiger partial charge >= 0.3 is 0 Å². The van der Waals surface area contributed by atoms with Gasteiger partial charge in [0.1, 0.15) is 0 Å². The van der Waals surface area contributed by atoms with Gasteiger partial charge in [-0.1, -0.05) is 54.6 Å². The monoisotopic (exact) mass is 220 g/mol. The van der Waals surface area contributed by atoms with E-state index in [9.17, 15) is 0 Å². The fraction of sp³-hybridized carbons (Fsp3) is 0. The molecule has 1 aromatic heterocycles. The molecular formula is C16H13N. The van der Waals surface area contributed by atoms with Crippen molar-refractivity contribution >= 4 is 32.6 Å². The topological polar surface area (TPSA) is 15.8 Å². The highest BCUT2D eigenvalue weighted by atomic mass is 14.7. The Balaban J connectivity index is 0.000001000. The smallest absolute Gasteiger partial charge is 0.0544 e. The van der Waals surface area contributed by atoms with Gasteiger partial charge < -0.3 is 4.98 Å². The van der Waals surface area contributed by atoms with Gasteiger partial charge in [0.15, 0.2) is 0 Å². The first-order valence-electron chi connectivity index (χ1n) is 5.82. The summed E-state index contributed by atoms with van der Waals surface area (Å²) in [5.41, 5.74) is 2.45. The van der Waals surface area contributed by atoms with E-state index in [0.717, 1.165) is 0 Å². The number of aromatic amines is 1. The second-order valence-electron chi connectivity index (χ2n) is 4.38. The maximum atomic E-state index is 3.52. The largest absolute Gasteiger partial charge is 0.354 e. The van der Waals surface area contributed by atoms with Crippen LogP contribution < -0.4 is 0 Å². The van der Waals surface area contributed by atoms with Crippen molar-refractivity contribution in [2.75, 3.05) is 0 Å². The molecule has 4 aromatic rings. The molecule has 0 spiro atoms. The molecule has 1 heteroatoms. The van der Waals surface area contributed by atoms with Crippen molar-refractivity contribution in [3.8, 4) is 0 Å². The minimum absolute atomic E-state index is 0. The van der Waals surface area contributed by atoms with E-state index in [4.69, 9.17) is 0 Å². The summed E-state index contributed by atoms with van der Waals surface area (Å²) in [6.45, 7) is 0. The van der Waals surface area contributed by atoms with Crippen LogP contribution in [0.25, 0.3) is 32.6 Å². The molecule has 1 heterocycles. The van der Waals surface area contributed by atoms with E-state index in [1.807, 2.05) is 0 Å². The molecule has 1 nitrogen and oxygen atoms in total. The summed E-state index contributed by atoms with van der Waals surface area (Å²) in [4.78, 5) is 3.52. The summed E-state index contributed by atoms with van der Waals surface area (Å²) < 4.78 is 0. The second kappa shape index (κ2) is 3.11. The molecule has 0 aliphatic heterocycles. The Morgan fingerprint density at radius 1 is 0.647 bits per heavy atom. The number of fused-ring (bicyclic) bond motifs is 5. The number of para-hydroxylation sites is 1. The van der Waals surface area contributed by atoms with Gasteiger partial charge in [0.2, 0.25) is 0 Å².